The van der Waals surface area contributed by atoms with Crippen molar-refractivity contribution in [3.8, 4) is 11.5 Å². The van der Waals surface area contributed by atoms with Gasteiger partial charge >= 0.3 is 0 Å². The monoisotopic (exact) mass is 289 g/mol. The van der Waals surface area contributed by atoms with Gasteiger partial charge in [-0.2, -0.15) is 0 Å². The minimum Gasteiger partial charge on any atom is -0.508 e. The Kier molecular flexibility index (Phi) is 3.45. The predicted octanol–water partition coefficient (Wildman–Crippen LogP) is 4.24. The maximum Gasteiger partial charge on any atom is 0.134 e. The van der Waals surface area contributed by atoms with Gasteiger partial charge in [-0.25, -0.2) is 0 Å². The van der Waals surface area contributed by atoms with Crippen LogP contribution in [0.25, 0.3) is 0 Å². The van der Waals surface area contributed by atoms with Crippen LogP contribution in [0, 0.1) is 0 Å². The zero-order valence-electron chi connectivity index (χ0n) is 10.9. The van der Waals surface area contributed by atoms with Gasteiger partial charge in [0.2, 0.25) is 0 Å². The maximum atomic E-state index is 9.67. The Morgan fingerprint density at radius 1 is 1.10 bits per heavy atom. The van der Waals surface area contributed by atoms with Crippen LogP contribution < -0.4 is 5.32 Å². The van der Waals surface area contributed by atoms with Gasteiger partial charge in [0.05, 0.1) is 11.1 Å². The number of benzene rings is 2. The van der Waals surface area contributed by atoms with Gasteiger partial charge in [-0.15, -0.1) is 0 Å². The molecule has 3 nitrogen and oxygen atoms in total. The van der Waals surface area contributed by atoms with Crippen molar-refractivity contribution in [1.29, 1.82) is 0 Å². The lowest BCUT2D eigenvalue weighted by molar-refractivity contribution is 0.471. The first-order valence-corrected chi connectivity index (χ1v) is 7.08. The molecule has 0 fully saturated rings. The average molecular weight is 290 g/mol. The summed E-state index contributed by atoms with van der Waals surface area (Å²) in [5.74, 6) is 0.375. The van der Waals surface area contributed by atoms with E-state index in [0.29, 0.717) is 10.8 Å². The number of aryl methyl sites for hydroxylation is 1. The second kappa shape index (κ2) is 5.25. The number of fused-ring (bicyclic) bond motifs is 1. The molecule has 1 unspecified atom stereocenters. The topological polar surface area (TPSA) is 52.5 Å². The van der Waals surface area contributed by atoms with Crippen LogP contribution in [0.1, 0.15) is 30.0 Å². The summed E-state index contributed by atoms with van der Waals surface area (Å²) in [4.78, 5) is 0. The number of phenolic OH excluding ortho intramolecular Hbond substituents is 2. The summed E-state index contributed by atoms with van der Waals surface area (Å²) in [6.45, 7) is 0. The minimum atomic E-state index is 0.0823. The van der Waals surface area contributed by atoms with E-state index < -0.39 is 0 Å². The van der Waals surface area contributed by atoms with Gasteiger partial charge in [0.15, 0.2) is 0 Å². The summed E-state index contributed by atoms with van der Waals surface area (Å²) < 4.78 is 0. The number of hydrogen-bond acceptors (Lipinski definition) is 3. The van der Waals surface area contributed by atoms with Crippen molar-refractivity contribution >= 4 is 17.3 Å². The molecule has 104 valence electrons. The summed E-state index contributed by atoms with van der Waals surface area (Å²) in [5.41, 5.74) is 3.28. The van der Waals surface area contributed by atoms with Gasteiger partial charge in [-0.05, 0) is 60.7 Å². The molecule has 3 N–H and O–H groups in total. The van der Waals surface area contributed by atoms with E-state index in [9.17, 15) is 10.2 Å². The molecule has 1 atom stereocenters. The van der Waals surface area contributed by atoms with Crippen molar-refractivity contribution in [2.75, 3.05) is 5.32 Å². The highest BCUT2D eigenvalue weighted by Crippen LogP contribution is 2.35. The Balaban J connectivity index is 1.89. The first kappa shape index (κ1) is 13.1. The molecule has 1 aliphatic rings. The molecule has 0 radical (unpaired) electrons. The van der Waals surface area contributed by atoms with Gasteiger partial charge in [0.25, 0.3) is 0 Å². The second-order valence-electron chi connectivity index (χ2n) is 5.14. The van der Waals surface area contributed by atoms with E-state index in [1.54, 1.807) is 24.3 Å². The summed E-state index contributed by atoms with van der Waals surface area (Å²) in [6, 6.07) is 10.8. The second-order valence-corrected chi connectivity index (χ2v) is 5.55. The van der Waals surface area contributed by atoms with E-state index in [4.69, 9.17) is 11.6 Å². The zero-order chi connectivity index (χ0) is 14.1. The maximum absolute atomic E-state index is 9.67. The fourth-order valence-corrected chi connectivity index (χ4v) is 2.91. The minimum absolute atomic E-state index is 0.0823. The molecule has 3 rings (SSSR count). The highest BCUT2D eigenvalue weighted by Gasteiger charge is 2.20. The number of hydrogen-bond donors (Lipinski definition) is 3. The summed E-state index contributed by atoms with van der Waals surface area (Å²) in [5, 5.41) is 22.9. The van der Waals surface area contributed by atoms with Crippen molar-refractivity contribution in [2.45, 2.75) is 25.3 Å². The van der Waals surface area contributed by atoms with E-state index in [-0.39, 0.29) is 11.8 Å². The fraction of sp³-hybridized carbons (Fsp3) is 0.250. The molecule has 1 aliphatic carbocycles. The lowest BCUT2D eigenvalue weighted by Gasteiger charge is -2.27. The summed E-state index contributed by atoms with van der Waals surface area (Å²) in [6.07, 6.45) is 3.17. The number of rotatable bonds is 2. The quantitative estimate of drug-likeness (QED) is 0.725. The van der Waals surface area contributed by atoms with Crippen LogP contribution in [-0.4, -0.2) is 10.2 Å². The van der Waals surface area contributed by atoms with Crippen LogP contribution >= 0.6 is 11.6 Å². The third-order valence-electron chi connectivity index (χ3n) is 3.73. The number of anilines is 1. The molecule has 4 heteroatoms. The van der Waals surface area contributed by atoms with E-state index in [1.807, 2.05) is 12.1 Å². The van der Waals surface area contributed by atoms with Gasteiger partial charge < -0.3 is 15.5 Å². The Morgan fingerprint density at radius 2 is 1.95 bits per heavy atom. The van der Waals surface area contributed by atoms with Crippen LogP contribution in [-0.2, 0) is 6.42 Å². The van der Waals surface area contributed by atoms with Crippen LogP contribution in [0.3, 0.4) is 0 Å². The molecule has 0 spiro atoms. The first-order chi connectivity index (χ1) is 9.63. The zero-order valence-corrected chi connectivity index (χ0v) is 11.7. The fourth-order valence-electron chi connectivity index (χ4n) is 2.73. The van der Waals surface area contributed by atoms with E-state index in [2.05, 4.69) is 5.32 Å². The lowest BCUT2D eigenvalue weighted by Crippen LogP contribution is -2.17. The van der Waals surface area contributed by atoms with Gasteiger partial charge in [0, 0.05) is 5.69 Å². The highest BCUT2D eigenvalue weighted by atomic mass is 35.5. The Hall–Kier alpha value is -1.87. The van der Waals surface area contributed by atoms with Gasteiger partial charge in [-0.1, -0.05) is 17.7 Å². The van der Waals surface area contributed by atoms with Gasteiger partial charge in [-0.3, -0.25) is 0 Å². The van der Waals surface area contributed by atoms with Crippen molar-refractivity contribution in [2.24, 2.45) is 0 Å². The number of halogens is 1. The standard InChI is InChI=1S/C16H16ClNO2/c17-14-8-11(5-7-16(14)20)18-15-3-1-2-10-4-6-12(19)9-13(10)15/h4-9,15,18-20H,1-3H2. The average Bonchev–Trinajstić information content (AvgIpc) is 2.44. The third kappa shape index (κ3) is 2.54. The first-order valence-electron chi connectivity index (χ1n) is 6.70. The van der Waals surface area contributed by atoms with E-state index >= 15 is 0 Å². The summed E-state index contributed by atoms with van der Waals surface area (Å²) >= 11 is 5.93. The van der Waals surface area contributed by atoms with Crippen molar-refractivity contribution in [3.05, 3.63) is 52.5 Å². The van der Waals surface area contributed by atoms with E-state index in [1.165, 1.54) is 5.56 Å². The number of nitrogens with one attached hydrogen (secondary N) is 1. The normalized spacial score (nSPS) is 17.6. The van der Waals surface area contributed by atoms with Crippen molar-refractivity contribution in [3.63, 3.8) is 0 Å². The molecule has 0 aromatic heterocycles. The van der Waals surface area contributed by atoms with Gasteiger partial charge in [0.1, 0.15) is 11.5 Å². The number of aromatic hydroxyl groups is 2. The molecule has 0 saturated heterocycles. The van der Waals surface area contributed by atoms with Crippen LogP contribution in [0.5, 0.6) is 11.5 Å². The lowest BCUT2D eigenvalue weighted by atomic mass is 9.87. The molecular weight excluding hydrogens is 274 g/mol. The molecule has 2 aromatic rings. The molecule has 20 heavy (non-hydrogen) atoms. The Bertz CT molecular complexity index is 642. The molecule has 2 aromatic carbocycles. The largest absolute Gasteiger partial charge is 0.508 e. The number of phenols is 2. The summed E-state index contributed by atoms with van der Waals surface area (Å²) in [7, 11) is 0. The highest BCUT2D eigenvalue weighted by molar-refractivity contribution is 6.32. The molecular formula is C16H16ClNO2. The Labute approximate surface area is 122 Å². The van der Waals surface area contributed by atoms with Crippen LogP contribution in [0.15, 0.2) is 36.4 Å². The molecule has 0 amide bonds. The Morgan fingerprint density at radius 3 is 2.75 bits per heavy atom. The van der Waals surface area contributed by atoms with Crippen LogP contribution in [0.4, 0.5) is 5.69 Å². The van der Waals surface area contributed by atoms with Crippen molar-refractivity contribution in [1.82, 2.24) is 0 Å². The molecule has 0 heterocycles. The SMILES string of the molecule is Oc1ccc2c(c1)C(Nc1ccc(O)c(Cl)c1)CCC2. The van der Waals surface area contributed by atoms with Crippen molar-refractivity contribution < 1.29 is 10.2 Å². The van der Waals surface area contributed by atoms with Crippen LogP contribution in [0.2, 0.25) is 5.02 Å². The van der Waals surface area contributed by atoms with E-state index in [0.717, 1.165) is 30.5 Å². The molecule has 0 aliphatic heterocycles. The predicted molar refractivity (Wildman–Crippen MR) is 80.5 cm³/mol. The molecule has 0 bridgehead atoms. The smallest absolute Gasteiger partial charge is 0.134 e. The third-order valence-corrected chi connectivity index (χ3v) is 4.04. The molecule has 0 saturated carbocycles.